The van der Waals surface area contributed by atoms with Crippen LogP contribution < -0.4 is 10.6 Å². The van der Waals surface area contributed by atoms with Gasteiger partial charge >= 0.3 is 6.03 Å². The Morgan fingerprint density at radius 2 is 1.69 bits per heavy atom. The zero-order valence-electron chi connectivity index (χ0n) is 16.5. The fourth-order valence-corrected chi connectivity index (χ4v) is 3.53. The van der Waals surface area contributed by atoms with E-state index in [9.17, 15) is 9.59 Å². The van der Waals surface area contributed by atoms with Gasteiger partial charge in [0.25, 0.3) is 0 Å². The Bertz CT molecular complexity index is 868. The van der Waals surface area contributed by atoms with Gasteiger partial charge in [-0.3, -0.25) is 19.9 Å². The van der Waals surface area contributed by atoms with Gasteiger partial charge in [-0.15, -0.1) is 0 Å². The minimum absolute atomic E-state index is 0.323. The lowest BCUT2D eigenvalue weighted by Crippen LogP contribution is -2.52. The highest BCUT2D eigenvalue weighted by molar-refractivity contribution is 5.97. The van der Waals surface area contributed by atoms with Gasteiger partial charge in [0.05, 0.1) is 11.6 Å². The van der Waals surface area contributed by atoms with E-state index in [1.54, 1.807) is 0 Å². The van der Waals surface area contributed by atoms with Crippen molar-refractivity contribution in [1.82, 2.24) is 20.4 Å². The monoisotopic (exact) mass is 391 g/mol. The van der Waals surface area contributed by atoms with Gasteiger partial charge in [0.2, 0.25) is 5.91 Å². The van der Waals surface area contributed by atoms with Crippen LogP contribution in [0.5, 0.6) is 0 Å². The van der Waals surface area contributed by atoms with E-state index >= 15 is 0 Å². The van der Waals surface area contributed by atoms with Crippen LogP contribution in [0.15, 0.2) is 54.6 Å². The Morgan fingerprint density at radius 1 is 1.03 bits per heavy atom. The SMILES string of the molecule is CNC(=O)NC(=O)C(c1ccccc1)N1CCN(Cc2ccc(C#N)cc2)CC1. The largest absolute Gasteiger partial charge is 0.341 e. The van der Waals surface area contributed by atoms with Crippen LogP contribution in [-0.4, -0.2) is 55.0 Å². The first-order chi connectivity index (χ1) is 14.1. The molecule has 1 aliphatic rings. The summed E-state index contributed by atoms with van der Waals surface area (Å²) in [5, 5.41) is 13.8. The molecule has 1 atom stereocenters. The molecule has 1 heterocycles. The van der Waals surface area contributed by atoms with Gasteiger partial charge in [0.15, 0.2) is 0 Å². The lowest BCUT2D eigenvalue weighted by Gasteiger charge is -2.38. The van der Waals surface area contributed by atoms with Crippen LogP contribution in [0.1, 0.15) is 22.7 Å². The zero-order valence-corrected chi connectivity index (χ0v) is 16.5. The van der Waals surface area contributed by atoms with Gasteiger partial charge in [-0.1, -0.05) is 42.5 Å². The molecule has 1 unspecified atom stereocenters. The minimum Gasteiger partial charge on any atom is -0.341 e. The van der Waals surface area contributed by atoms with E-state index in [-0.39, 0.29) is 5.91 Å². The van der Waals surface area contributed by atoms with Gasteiger partial charge in [0.1, 0.15) is 6.04 Å². The van der Waals surface area contributed by atoms with Crippen molar-refractivity contribution in [3.05, 3.63) is 71.3 Å². The molecule has 7 nitrogen and oxygen atoms in total. The number of nitriles is 1. The number of benzene rings is 2. The third-order valence-corrected chi connectivity index (χ3v) is 5.09. The number of rotatable bonds is 5. The van der Waals surface area contributed by atoms with Crippen LogP contribution in [0.4, 0.5) is 4.79 Å². The molecule has 0 radical (unpaired) electrons. The van der Waals surface area contributed by atoms with E-state index in [0.29, 0.717) is 5.56 Å². The standard InChI is InChI=1S/C22H25N5O2/c1-24-22(29)25-21(28)20(19-5-3-2-4-6-19)27-13-11-26(12-14-27)16-18-9-7-17(15-23)8-10-18/h2-10,20H,11-14,16H2,1H3,(H2,24,25,28,29). The summed E-state index contributed by atoms with van der Waals surface area (Å²) in [7, 11) is 1.49. The van der Waals surface area contributed by atoms with E-state index < -0.39 is 12.1 Å². The van der Waals surface area contributed by atoms with Crippen LogP contribution in [0.3, 0.4) is 0 Å². The molecule has 3 amide bonds. The van der Waals surface area contributed by atoms with Crippen molar-refractivity contribution in [2.45, 2.75) is 12.6 Å². The fourth-order valence-electron chi connectivity index (χ4n) is 3.53. The van der Waals surface area contributed by atoms with E-state index in [4.69, 9.17) is 5.26 Å². The highest BCUT2D eigenvalue weighted by Gasteiger charge is 2.31. The smallest absolute Gasteiger partial charge is 0.321 e. The summed E-state index contributed by atoms with van der Waals surface area (Å²) >= 11 is 0. The Kier molecular flexibility index (Phi) is 6.95. The molecule has 7 heteroatoms. The third kappa shape index (κ3) is 5.41. The number of carbonyl (C=O) groups excluding carboxylic acids is 2. The summed E-state index contributed by atoms with van der Waals surface area (Å²) in [6.45, 7) is 3.88. The molecule has 3 rings (SSSR count). The number of imide groups is 1. The van der Waals surface area contributed by atoms with Gasteiger partial charge in [-0.2, -0.15) is 5.26 Å². The lowest BCUT2D eigenvalue weighted by molar-refractivity contribution is -0.126. The lowest BCUT2D eigenvalue weighted by atomic mass is 10.0. The molecule has 0 saturated carbocycles. The van der Waals surface area contributed by atoms with Gasteiger partial charge < -0.3 is 5.32 Å². The van der Waals surface area contributed by atoms with Crippen LogP contribution in [-0.2, 0) is 11.3 Å². The van der Waals surface area contributed by atoms with Crippen molar-refractivity contribution in [3.63, 3.8) is 0 Å². The second-order valence-electron chi connectivity index (χ2n) is 7.00. The summed E-state index contributed by atoms with van der Waals surface area (Å²) < 4.78 is 0. The maximum Gasteiger partial charge on any atom is 0.321 e. The number of hydrogen-bond acceptors (Lipinski definition) is 5. The Hall–Kier alpha value is -3.21. The predicted octanol–water partition coefficient (Wildman–Crippen LogP) is 1.87. The summed E-state index contributed by atoms with van der Waals surface area (Å²) in [5.74, 6) is -0.323. The molecule has 2 aromatic carbocycles. The molecule has 0 spiro atoms. The molecular formula is C22H25N5O2. The normalized spacial score (nSPS) is 15.9. The maximum absolute atomic E-state index is 12.8. The summed E-state index contributed by atoms with van der Waals surface area (Å²) in [4.78, 5) is 28.9. The average molecular weight is 391 g/mol. The first kappa shape index (κ1) is 20.5. The van der Waals surface area contributed by atoms with Crippen LogP contribution in [0, 0.1) is 11.3 Å². The Balaban J connectivity index is 1.65. The second kappa shape index (κ2) is 9.82. The zero-order chi connectivity index (χ0) is 20.6. The van der Waals surface area contributed by atoms with Gasteiger partial charge in [-0.25, -0.2) is 4.79 Å². The number of amides is 3. The first-order valence-electron chi connectivity index (χ1n) is 9.63. The average Bonchev–Trinajstić information content (AvgIpc) is 2.76. The highest BCUT2D eigenvalue weighted by atomic mass is 16.2. The number of hydrogen-bond donors (Lipinski definition) is 2. The van der Waals surface area contributed by atoms with E-state index in [2.05, 4.69) is 26.5 Å². The summed E-state index contributed by atoms with van der Waals surface area (Å²) in [6.07, 6.45) is 0. The molecule has 1 aliphatic heterocycles. The van der Waals surface area contributed by atoms with Crippen molar-refractivity contribution < 1.29 is 9.59 Å². The van der Waals surface area contributed by atoms with Crippen LogP contribution in [0.25, 0.3) is 0 Å². The molecule has 2 N–H and O–H groups in total. The van der Waals surface area contributed by atoms with Crippen molar-refractivity contribution in [1.29, 1.82) is 5.26 Å². The second-order valence-corrected chi connectivity index (χ2v) is 7.00. The quantitative estimate of drug-likeness (QED) is 0.812. The fraction of sp³-hybridized carbons (Fsp3) is 0.318. The molecule has 2 aromatic rings. The summed E-state index contributed by atoms with van der Waals surface area (Å²) in [6, 6.07) is 18.3. The molecule has 0 aromatic heterocycles. The molecule has 150 valence electrons. The van der Waals surface area contributed by atoms with Gasteiger partial charge in [-0.05, 0) is 23.3 Å². The molecule has 29 heavy (non-hydrogen) atoms. The molecule has 0 aliphatic carbocycles. The Labute approximate surface area is 170 Å². The number of carbonyl (C=O) groups is 2. The highest BCUT2D eigenvalue weighted by Crippen LogP contribution is 2.23. The Morgan fingerprint density at radius 3 is 2.28 bits per heavy atom. The first-order valence-corrected chi connectivity index (χ1v) is 9.63. The predicted molar refractivity (Wildman–Crippen MR) is 110 cm³/mol. The van der Waals surface area contributed by atoms with Crippen LogP contribution >= 0.6 is 0 Å². The molecule has 1 saturated heterocycles. The minimum atomic E-state index is -0.509. The number of urea groups is 1. The number of nitrogens with zero attached hydrogens (tertiary/aromatic N) is 3. The number of piperazine rings is 1. The van der Waals surface area contributed by atoms with E-state index in [1.165, 1.54) is 7.05 Å². The van der Waals surface area contributed by atoms with Crippen molar-refractivity contribution in [2.24, 2.45) is 0 Å². The molecule has 1 fully saturated rings. The van der Waals surface area contributed by atoms with Crippen molar-refractivity contribution in [2.75, 3.05) is 33.2 Å². The number of nitrogens with one attached hydrogen (secondary N) is 2. The third-order valence-electron chi connectivity index (χ3n) is 5.09. The van der Waals surface area contributed by atoms with Gasteiger partial charge in [0, 0.05) is 39.8 Å². The van der Waals surface area contributed by atoms with Crippen LogP contribution in [0.2, 0.25) is 0 Å². The topological polar surface area (TPSA) is 88.5 Å². The van der Waals surface area contributed by atoms with E-state index in [1.807, 2.05) is 54.6 Å². The van der Waals surface area contributed by atoms with E-state index in [0.717, 1.165) is 43.9 Å². The van der Waals surface area contributed by atoms with Crippen molar-refractivity contribution in [3.8, 4) is 6.07 Å². The molecular weight excluding hydrogens is 366 g/mol. The molecule has 0 bridgehead atoms. The maximum atomic E-state index is 12.8. The summed E-state index contributed by atoms with van der Waals surface area (Å²) in [5.41, 5.74) is 2.69. The van der Waals surface area contributed by atoms with Crippen molar-refractivity contribution >= 4 is 11.9 Å².